The molecule has 2 aromatic carbocycles. The minimum Gasteiger partial charge on any atom is -0.0876 e. The number of hydrogen-bond donors (Lipinski definition) is 0. The molecule has 2 heteroatoms. The second-order valence-electron chi connectivity index (χ2n) is 2.89. The molecule has 0 bridgehead atoms. The molecular formula is C11H8BrI. The van der Waals surface area contributed by atoms with Crippen LogP contribution in [0.1, 0.15) is 5.56 Å². The smallest absolute Gasteiger partial charge is 0.0293 e. The summed E-state index contributed by atoms with van der Waals surface area (Å²) in [5, 5.41) is 3.59. The molecular weight excluding hydrogens is 339 g/mol. The van der Waals surface area contributed by atoms with Gasteiger partial charge in [-0.1, -0.05) is 52.3 Å². The first kappa shape index (κ1) is 9.46. The summed E-state index contributed by atoms with van der Waals surface area (Å²) in [5.41, 5.74) is 1.36. The largest absolute Gasteiger partial charge is 0.0876 e. The second kappa shape index (κ2) is 3.96. The Hall–Kier alpha value is -0.0900. The molecule has 0 heterocycles. The molecule has 0 unspecified atom stereocenters. The fourth-order valence-electron chi connectivity index (χ4n) is 1.38. The third-order valence-electron chi connectivity index (χ3n) is 2.09. The van der Waals surface area contributed by atoms with Crippen LogP contribution in [0, 0.1) is 3.57 Å². The molecule has 0 aliphatic heterocycles. The van der Waals surface area contributed by atoms with E-state index >= 15 is 0 Å². The van der Waals surface area contributed by atoms with Crippen LogP contribution in [0.25, 0.3) is 10.8 Å². The molecule has 0 saturated carbocycles. The normalized spacial score (nSPS) is 10.6. The minimum atomic E-state index is 0.927. The molecule has 13 heavy (non-hydrogen) atoms. The molecule has 0 amide bonds. The van der Waals surface area contributed by atoms with E-state index in [1.54, 1.807) is 0 Å². The monoisotopic (exact) mass is 346 g/mol. The highest BCUT2D eigenvalue weighted by molar-refractivity contribution is 14.1. The molecule has 0 aliphatic carbocycles. The number of fused-ring (bicyclic) bond motifs is 1. The van der Waals surface area contributed by atoms with E-state index in [1.807, 2.05) is 0 Å². The first-order valence-electron chi connectivity index (χ1n) is 4.05. The molecule has 2 rings (SSSR count). The molecule has 66 valence electrons. The summed E-state index contributed by atoms with van der Waals surface area (Å²) in [5.74, 6) is 0. The van der Waals surface area contributed by atoms with Crippen molar-refractivity contribution in [3.63, 3.8) is 0 Å². The number of benzene rings is 2. The Morgan fingerprint density at radius 3 is 2.62 bits per heavy atom. The van der Waals surface area contributed by atoms with Crippen molar-refractivity contribution in [2.24, 2.45) is 0 Å². The average Bonchev–Trinajstić information content (AvgIpc) is 2.19. The van der Waals surface area contributed by atoms with E-state index in [9.17, 15) is 0 Å². The lowest BCUT2D eigenvalue weighted by atomic mass is 10.1. The van der Waals surface area contributed by atoms with E-state index in [0.29, 0.717) is 0 Å². The van der Waals surface area contributed by atoms with Gasteiger partial charge in [0, 0.05) is 8.90 Å². The maximum Gasteiger partial charge on any atom is 0.0293 e. The Kier molecular flexibility index (Phi) is 2.89. The zero-order valence-electron chi connectivity index (χ0n) is 6.93. The SMILES string of the molecule is BrCc1ccc2ccccc2c1I. The van der Waals surface area contributed by atoms with Crippen molar-refractivity contribution in [3.05, 3.63) is 45.5 Å². The molecule has 0 atom stereocenters. The van der Waals surface area contributed by atoms with Gasteiger partial charge in [0.1, 0.15) is 0 Å². The quantitative estimate of drug-likeness (QED) is 0.532. The maximum atomic E-state index is 3.49. The van der Waals surface area contributed by atoms with Crippen molar-refractivity contribution in [1.29, 1.82) is 0 Å². The van der Waals surface area contributed by atoms with Gasteiger partial charge in [-0.2, -0.15) is 0 Å². The lowest BCUT2D eigenvalue weighted by molar-refractivity contribution is 1.43. The van der Waals surface area contributed by atoms with E-state index in [2.05, 4.69) is 74.9 Å². The Labute approximate surface area is 99.6 Å². The summed E-state index contributed by atoms with van der Waals surface area (Å²) in [6, 6.07) is 12.8. The van der Waals surface area contributed by atoms with Crippen LogP contribution < -0.4 is 0 Å². The Bertz CT molecular complexity index is 437. The van der Waals surface area contributed by atoms with Crippen LogP contribution in [0.2, 0.25) is 0 Å². The topological polar surface area (TPSA) is 0 Å². The van der Waals surface area contributed by atoms with Crippen LogP contribution in [0.15, 0.2) is 36.4 Å². The van der Waals surface area contributed by atoms with Gasteiger partial charge in [0.05, 0.1) is 0 Å². The zero-order chi connectivity index (χ0) is 9.26. The van der Waals surface area contributed by atoms with Gasteiger partial charge in [0.15, 0.2) is 0 Å². The number of hydrogen-bond acceptors (Lipinski definition) is 0. The Balaban J connectivity index is 2.79. The van der Waals surface area contributed by atoms with Gasteiger partial charge < -0.3 is 0 Å². The van der Waals surface area contributed by atoms with E-state index in [-0.39, 0.29) is 0 Å². The summed E-state index contributed by atoms with van der Waals surface area (Å²) in [7, 11) is 0. The van der Waals surface area contributed by atoms with Gasteiger partial charge in [-0.25, -0.2) is 0 Å². The Morgan fingerprint density at radius 2 is 1.85 bits per heavy atom. The Morgan fingerprint density at radius 1 is 1.08 bits per heavy atom. The highest BCUT2D eigenvalue weighted by Crippen LogP contribution is 2.25. The number of rotatable bonds is 1. The van der Waals surface area contributed by atoms with Gasteiger partial charge in [-0.3, -0.25) is 0 Å². The van der Waals surface area contributed by atoms with E-state index in [4.69, 9.17) is 0 Å². The highest BCUT2D eigenvalue weighted by Gasteiger charge is 2.02. The molecule has 0 fully saturated rings. The van der Waals surface area contributed by atoms with Crippen LogP contribution in [-0.4, -0.2) is 0 Å². The predicted molar refractivity (Wildman–Crippen MR) is 69.3 cm³/mol. The van der Waals surface area contributed by atoms with Crippen LogP contribution >= 0.6 is 38.5 Å². The lowest BCUT2D eigenvalue weighted by Crippen LogP contribution is -1.85. The minimum absolute atomic E-state index is 0.927. The second-order valence-corrected chi connectivity index (χ2v) is 4.53. The summed E-state index contributed by atoms with van der Waals surface area (Å²) in [4.78, 5) is 0. The predicted octanol–water partition coefficient (Wildman–Crippen LogP) is 4.34. The first-order valence-corrected chi connectivity index (χ1v) is 6.25. The summed E-state index contributed by atoms with van der Waals surface area (Å²) >= 11 is 5.90. The molecule has 0 N–H and O–H groups in total. The van der Waals surface area contributed by atoms with Crippen molar-refractivity contribution in [2.75, 3.05) is 0 Å². The van der Waals surface area contributed by atoms with E-state index in [0.717, 1.165) is 5.33 Å². The third kappa shape index (κ3) is 1.74. The molecule has 0 radical (unpaired) electrons. The van der Waals surface area contributed by atoms with Gasteiger partial charge >= 0.3 is 0 Å². The van der Waals surface area contributed by atoms with Crippen molar-refractivity contribution in [2.45, 2.75) is 5.33 Å². The maximum absolute atomic E-state index is 3.49. The standard InChI is InChI=1S/C11H8BrI/c12-7-9-6-5-8-3-1-2-4-10(8)11(9)13/h1-6H,7H2. The van der Waals surface area contributed by atoms with Crippen LogP contribution in [0.3, 0.4) is 0 Å². The van der Waals surface area contributed by atoms with Gasteiger partial charge in [0.25, 0.3) is 0 Å². The lowest BCUT2D eigenvalue weighted by Gasteiger charge is -2.04. The van der Waals surface area contributed by atoms with Crippen LogP contribution in [0.4, 0.5) is 0 Å². The summed E-state index contributed by atoms with van der Waals surface area (Å²) < 4.78 is 1.35. The van der Waals surface area contributed by atoms with Crippen molar-refractivity contribution in [1.82, 2.24) is 0 Å². The molecule has 2 aromatic rings. The van der Waals surface area contributed by atoms with Gasteiger partial charge in [-0.05, 0) is 38.9 Å². The van der Waals surface area contributed by atoms with Crippen molar-refractivity contribution in [3.8, 4) is 0 Å². The first-order chi connectivity index (χ1) is 6.33. The summed E-state index contributed by atoms with van der Waals surface area (Å²) in [6.07, 6.45) is 0. The number of halogens is 2. The fourth-order valence-corrected chi connectivity index (χ4v) is 3.24. The fraction of sp³-hybridized carbons (Fsp3) is 0.0909. The van der Waals surface area contributed by atoms with E-state index in [1.165, 1.54) is 19.9 Å². The molecule has 0 spiro atoms. The number of alkyl halides is 1. The molecule has 0 saturated heterocycles. The summed E-state index contributed by atoms with van der Waals surface area (Å²) in [6.45, 7) is 0. The highest BCUT2D eigenvalue weighted by atomic mass is 127. The third-order valence-corrected chi connectivity index (χ3v) is 3.97. The molecule has 0 nitrogen and oxygen atoms in total. The molecule has 0 aromatic heterocycles. The van der Waals surface area contributed by atoms with Crippen molar-refractivity contribution < 1.29 is 0 Å². The van der Waals surface area contributed by atoms with Crippen molar-refractivity contribution >= 4 is 49.3 Å². The van der Waals surface area contributed by atoms with Gasteiger partial charge in [-0.15, -0.1) is 0 Å². The van der Waals surface area contributed by atoms with Gasteiger partial charge in [0.2, 0.25) is 0 Å². The average molecular weight is 347 g/mol. The molecule has 0 aliphatic rings. The van der Waals surface area contributed by atoms with Crippen LogP contribution in [-0.2, 0) is 5.33 Å². The van der Waals surface area contributed by atoms with E-state index < -0.39 is 0 Å². The zero-order valence-corrected chi connectivity index (χ0v) is 10.7. The van der Waals surface area contributed by atoms with Crippen LogP contribution in [0.5, 0.6) is 0 Å².